The van der Waals surface area contributed by atoms with E-state index in [2.05, 4.69) is 21.8 Å². The number of halogens is 1. The van der Waals surface area contributed by atoms with E-state index in [0.717, 1.165) is 9.54 Å². The van der Waals surface area contributed by atoms with Crippen molar-refractivity contribution in [3.8, 4) is 17.6 Å². The topological polar surface area (TPSA) is 85.1 Å². The smallest absolute Gasteiger partial charge is 0.270 e. The minimum Gasteiger partial charge on any atom is -0.505 e. The first-order chi connectivity index (χ1) is 13.9. The van der Waals surface area contributed by atoms with Crippen LogP contribution in [0.25, 0.3) is 11.0 Å². The van der Waals surface area contributed by atoms with Crippen molar-refractivity contribution in [3.05, 3.63) is 82.9 Å². The molecule has 0 aliphatic carbocycles. The number of aromatic nitrogens is 3. The third-order valence-corrected chi connectivity index (χ3v) is 6.22. The number of fused-ring (bicyclic) bond motifs is 1. The van der Waals surface area contributed by atoms with E-state index in [4.69, 9.17) is 11.6 Å². The number of aromatic hydroxyl groups is 1. The molecule has 29 heavy (non-hydrogen) atoms. The summed E-state index contributed by atoms with van der Waals surface area (Å²) in [6.07, 6.45) is 1.53. The maximum atomic E-state index is 13.3. The third kappa shape index (κ3) is 3.56. The molecule has 0 saturated carbocycles. The molecule has 0 amide bonds. The SMILES string of the molecule is Cc1ccc(S(=O)(=O)n2c(C#Cc3ccc(O)c(Cl)n3)cc3cccnc32)cc1. The molecule has 4 aromatic rings. The minimum absolute atomic E-state index is 0.0775. The zero-order valence-corrected chi connectivity index (χ0v) is 16.7. The molecule has 0 spiro atoms. The van der Waals surface area contributed by atoms with Gasteiger partial charge in [-0.15, -0.1) is 0 Å². The fourth-order valence-corrected chi connectivity index (χ4v) is 4.36. The highest BCUT2D eigenvalue weighted by Gasteiger charge is 2.23. The van der Waals surface area contributed by atoms with Crippen molar-refractivity contribution in [2.75, 3.05) is 0 Å². The molecule has 1 N–H and O–H groups in total. The Labute approximate surface area is 172 Å². The van der Waals surface area contributed by atoms with Crippen molar-refractivity contribution in [2.45, 2.75) is 11.8 Å². The summed E-state index contributed by atoms with van der Waals surface area (Å²) in [4.78, 5) is 8.35. The molecule has 3 aromatic heterocycles. The van der Waals surface area contributed by atoms with E-state index in [9.17, 15) is 13.5 Å². The zero-order chi connectivity index (χ0) is 20.6. The van der Waals surface area contributed by atoms with E-state index in [1.807, 2.05) is 6.92 Å². The molecule has 0 bridgehead atoms. The zero-order valence-electron chi connectivity index (χ0n) is 15.2. The highest BCUT2D eigenvalue weighted by Crippen LogP contribution is 2.24. The number of aryl methyl sites for hydroxylation is 1. The quantitative estimate of drug-likeness (QED) is 0.392. The lowest BCUT2D eigenvalue weighted by Gasteiger charge is -2.09. The Morgan fingerprint density at radius 2 is 1.83 bits per heavy atom. The summed E-state index contributed by atoms with van der Waals surface area (Å²) in [7, 11) is -3.92. The van der Waals surface area contributed by atoms with E-state index in [1.165, 1.54) is 18.3 Å². The number of pyridine rings is 2. The van der Waals surface area contributed by atoms with Gasteiger partial charge in [-0.3, -0.25) is 0 Å². The Morgan fingerprint density at radius 3 is 2.55 bits per heavy atom. The predicted octanol–water partition coefficient (Wildman–Crippen LogP) is 3.74. The van der Waals surface area contributed by atoms with Crippen LogP contribution in [0.4, 0.5) is 0 Å². The van der Waals surface area contributed by atoms with Crippen LogP contribution in [0.5, 0.6) is 5.75 Å². The molecular formula is C21H14ClN3O3S. The Morgan fingerprint density at radius 1 is 1.07 bits per heavy atom. The Hall–Kier alpha value is -3.34. The second kappa shape index (κ2) is 7.24. The second-order valence-electron chi connectivity index (χ2n) is 6.28. The second-order valence-corrected chi connectivity index (χ2v) is 8.43. The first kappa shape index (κ1) is 19.0. The molecule has 0 aliphatic heterocycles. The number of hydrogen-bond donors (Lipinski definition) is 1. The molecule has 144 valence electrons. The lowest BCUT2D eigenvalue weighted by atomic mass is 10.2. The summed E-state index contributed by atoms with van der Waals surface area (Å²) >= 11 is 5.82. The van der Waals surface area contributed by atoms with Crippen LogP contribution in [0.2, 0.25) is 5.15 Å². The summed E-state index contributed by atoms with van der Waals surface area (Å²) in [6, 6.07) is 14.6. The Bertz CT molecular complexity index is 1400. The van der Waals surface area contributed by atoms with Gasteiger partial charge in [-0.1, -0.05) is 29.3 Å². The van der Waals surface area contributed by atoms with Gasteiger partial charge >= 0.3 is 0 Å². The highest BCUT2D eigenvalue weighted by molar-refractivity contribution is 7.90. The molecule has 6 nitrogen and oxygen atoms in total. The molecule has 0 unspecified atom stereocenters. The lowest BCUT2D eigenvalue weighted by Crippen LogP contribution is -2.15. The summed E-state index contributed by atoms with van der Waals surface area (Å²) in [5.74, 6) is 5.48. The average Bonchev–Trinajstić information content (AvgIpc) is 3.08. The summed E-state index contributed by atoms with van der Waals surface area (Å²) < 4.78 is 27.8. The van der Waals surface area contributed by atoms with Gasteiger partial charge in [-0.25, -0.2) is 22.4 Å². The van der Waals surface area contributed by atoms with Crippen LogP contribution in [-0.4, -0.2) is 27.5 Å². The Kier molecular flexibility index (Phi) is 4.74. The maximum absolute atomic E-state index is 13.3. The van der Waals surface area contributed by atoms with E-state index in [1.54, 1.807) is 42.5 Å². The monoisotopic (exact) mass is 423 g/mol. The predicted molar refractivity (Wildman–Crippen MR) is 110 cm³/mol. The van der Waals surface area contributed by atoms with E-state index < -0.39 is 10.0 Å². The minimum atomic E-state index is -3.92. The molecule has 0 radical (unpaired) electrons. The molecule has 3 heterocycles. The van der Waals surface area contributed by atoms with Gasteiger partial charge in [0.05, 0.1) is 4.90 Å². The van der Waals surface area contributed by atoms with Gasteiger partial charge in [-0.2, -0.15) is 0 Å². The van der Waals surface area contributed by atoms with Gasteiger partial charge in [0.1, 0.15) is 11.4 Å². The Balaban J connectivity index is 1.91. The average molecular weight is 424 g/mol. The molecular weight excluding hydrogens is 410 g/mol. The summed E-state index contributed by atoms with van der Waals surface area (Å²) in [5.41, 5.74) is 1.78. The first-order valence-electron chi connectivity index (χ1n) is 8.52. The van der Waals surface area contributed by atoms with Crippen LogP contribution in [-0.2, 0) is 10.0 Å². The molecule has 1 aromatic carbocycles. The van der Waals surface area contributed by atoms with Crippen molar-refractivity contribution in [1.29, 1.82) is 0 Å². The van der Waals surface area contributed by atoms with Gasteiger partial charge in [0.2, 0.25) is 0 Å². The van der Waals surface area contributed by atoms with E-state index >= 15 is 0 Å². The fourth-order valence-electron chi connectivity index (χ4n) is 2.78. The van der Waals surface area contributed by atoms with Gasteiger partial charge in [0.25, 0.3) is 10.0 Å². The third-order valence-electron chi connectivity index (χ3n) is 4.23. The van der Waals surface area contributed by atoms with Crippen LogP contribution < -0.4 is 0 Å². The lowest BCUT2D eigenvalue weighted by molar-refractivity contribution is 0.473. The summed E-state index contributed by atoms with van der Waals surface area (Å²) in [6.45, 7) is 1.88. The molecule has 0 fully saturated rings. The highest BCUT2D eigenvalue weighted by atomic mass is 35.5. The van der Waals surface area contributed by atoms with Crippen LogP contribution >= 0.6 is 11.6 Å². The number of benzene rings is 1. The first-order valence-corrected chi connectivity index (χ1v) is 10.3. The molecule has 0 saturated heterocycles. The van der Waals surface area contributed by atoms with Crippen molar-refractivity contribution in [3.63, 3.8) is 0 Å². The van der Waals surface area contributed by atoms with Crippen molar-refractivity contribution >= 4 is 32.7 Å². The van der Waals surface area contributed by atoms with E-state index in [0.29, 0.717) is 11.1 Å². The summed E-state index contributed by atoms with van der Waals surface area (Å²) in [5, 5.41) is 10.1. The van der Waals surface area contributed by atoms with Crippen molar-refractivity contribution in [1.82, 2.24) is 13.9 Å². The van der Waals surface area contributed by atoms with Crippen LogP contribution in [0, 0.1) is 18.8 Å². The number of rotatable bonds is 2. The van der Waals surface area contributed by atoms with Crippen molar-refractivity contribution in [2.24, 2.45) is 0 Å². The molecule has 0 atom stereocenters. The van der Waals surface area contributed by atoms with Gasteiger partial charge < -0.3 is 5.11 Å². The van der Waals surface area contributed by atoms with Crippen LogP contribution in [0.3, 0.4) is 0 Å². The van der Waals surface area contributed by atoms with Crippen LogP contribution in [0.15, 0.2) is 65.7 Å². The van der Waals surface area contributed by atoms with Crippen LogP contribution in [0.1, 0.15) is 17.0 Å². The largest absolute Gasteiger partial charge is 0.505 e. The van der Waals surface area contributed by atoms with E-state index in [-0.39, 0.29) is 27.1 Å². The molecule has 0 aliphatic rings. The van der Waals surface area contributed by atoms with Gasteiger partial charge in [0, 0.05) is 11.6 Å². The van der Waals surface area contributed by atoms with Gasteiger partial charge in [0.15, 0.2) is 16.5 Å². The van der Waals surface area contributed by atoms with Gasteiger partial charge in [-0.05, 0) is 61.2 Å². The normalized spacial score (nSPS) is 11.2. The number of hydrogen-bond acceptors (Lipinski definition) is 5. The van der Waals surface area contributed by atoms with Crippen molar-refractivity contribution < 1.29 is 13.5 Å². The molecule has 8 heteroatoms. The number of nitrogens with zero attached hydrogens (tertiary/aromatic N) is 3. The fraction of sp³-hybridized carbons (Fsp3) is 0.0476. The maximum Gasteiger partial charge on any atom is 0.270 e. The molecule has 4 rings (SSSR count). The standard InChI is InChI=1S/C21H14ClN3O3S/c1-14-4-9-18(10-5-14)29(27,28)25-17(13-15-3-2-12-23-21(15)25)8-6-16-7-11-19(26)20(22)24-16/h2-5,7,9-13,26H,1H3.